The minimum absolute atomic E-state index is 0.178. The van der Waals surface area contributed by atoms with Crippen LogP contribution in [0.2, 0.25) is 6.55 Å². The molecule has 0 radical (unpaired) electrons. The number of nitrogens with one attached hydrogen (secondary N) is 1. The van der Waals surface area contributed by atoms with E-state index in [2.05, 4.69) is 85.8 Å². The van der Waals surface area contributed by atoms with E-state index < -0.39 is 19.1 Å². The molecule has 0 aliphatic heterocycles. The summed E-state index contributed by atoms with van der Waals surface area (Å²) in [6.07, 6.45) is 0. The second-order valence-corrected chi connectivity index (χ2v) is 14.3. The van der Waals surface area contributed by atoms with Gasteiger partial charge < -0.3 is 0 Å². The van der Waals surface area contributed by atoms with E-state index in [0.717, 1.165) is 0 Å². The molecule has 2 aromatic carbocycles. The van der Waals surface area contributed by atoms with Crippen LogP contribution in [0.15, 0.2) is 60.7 Å². The van der Waals surface area contributed by atoms with E-state index >= 15 is 0 Å². The summed E-state index contributed by atoms with van der Waals surface area (Å²) < 4.78 is 16.2. The summed E-state index contributed by atoms with van der Waals surface area (Å²) >= 11 is 0. The highest BCUT2D eigenvalue weighted by atomic mass is 32.2. The highest BCUT2D eigenvalue weighted by Crippen LogP contribution is 2.20. The molecule has 0 aromatic heterocycles. The normalized spacial score (nSPS) is 15.2. The van der Waals surface area contributed by atoms with Gasteiger partial charge in [-0.1, -0.05) is 91.4 Å². The molecule has 2 aromatic rings. The molecule has 25 heavy (non-hydrogen) atoms. The fourth-order valence-electron chi connectivity index (χ4n) is 3.31. The lowest BCUT2D eigenvalue weighted by Crippen LogP contribution is -2.70. The van der Waals surface area contributed by atoms with Crippen LogP contribution in [0.25, 0.3) is 0 Å². The summed E-state index contributed by atoms with van der Waals surface area (Å²) in [7, 11) is -3.24. The first-order valence-electron chi connectivity index (χ1n) is 8.96. The first kappa shape index (κ1) is 20.1. The second-order valence-electron chi connectivity index (χ2n) is 8.16. The van der Waals surface area contributed by atoms with Gasteiger partial charge in [0.05, 0.1) is 15.7 Å². The Hall–Kier alpha value is -1.23. The fraction of sp³-hybridized carbons (Fsp3) is 0.429. The number of hydrogen-bond donors (Lipinski definition) is 1. The highest BCUT2D eigenvalue weighted by Gasteiger charge is 2.43. The van der Waals surface area contributed by atoms with Crippen LogP contribution in [-0.4, -0.2) is 22.7 Å². The van der Waals surface area contributed by atoms with E-state index in [1.165, 1.54) is 10.4 Å². The Morgan fingerprint density at radius 2 is 1.28 bits per heavy atom. The van der Waals surface area contributed by atoms with Crippen molar-refractivity contribution in [3.05, 3.63) is 60.7 Å². The maximum Gasteiger partial charge on any atom is 0.133 e. The van der Waals surface area contributed by atoms with Crippen LogP contribution in [0.3, 0.4) is 0 Å². The smallest absolute Gasteiger partial charge is 0.133 e. The third-order valence-electron chi connectivity index (χ3n) is 4.83. The van der Waals surface area contributed by atoms with E-state index in [0.29, 0.717) is 5.92 Å². The van der Waals surface area contributed by atoms with Crippen molar-refractivity contribution in [2.24, 2.45) is 5.92 Å². The summed E-state index contributed by atoms with van der Waals surface area (Å²) in [5.74, 6) is 0.378. The van der Waals surface area contributed by atoms with Crippen molar-refractivity contribution in [2.45, 2.75) is 51.6 Å². The number of rotatable bonds is 6. The Bertz CT molecular complexity index is 655. The predicted molar refractivity (Wildman–Crippen MR) is 113 cm³/mol. The van der Waals surface area contributed by atoms with Gasteiger partial charge in [0, 0.05) is 5.67 Å². The Kier molecular flexibility index (Phi) is 6.41. The molecule has 1 unspecified atom stereocenters. The third-order valence-corrected chi connectivity index (χ3v) is 11.7. The van der Waals surface area contributed by atoms with Gasteiger partial charge in [0.2, 0.25) is 0 Å². The quantitative estimate of drug-likeness (QED) is 0.772. The van der Waals surface area contributed by atoms with Crippen molar-refractivity contribution < 1.29 is 4.21 Å². The summed E-state index contributed by atoms with van der Waals surface area (Å²) in [6, 6.07) is 21.5. The lowest BCUT2D eigenvalue weighted by Gasteiger charge is -2.40. The standard InChI is InChI=1S/C21H31NOSSi/c1-17(2)20(22-24(23)21(3,4)5)25(6,18-13-9-7-10-14-18)19-15-11-8-12-16-19/h7-17,20,22H,1-6H3/t20-,24?/m1/s1. The Morgan fingerprint density at radius 1 is 0.880 bits per heavy atom. The van der Waals surface area contributed by atoms with Crippen molar-refractivity contribution in [1.29, 1.82) is 0 Å². The van der Waals surface area contributed by atoms with E-state index in [-0.39, 0.29) is 10.4 Å². The fourth-order valence-corrected chi connectivity index (χ4v) is 9.58. The molecule has 0 spiro atoms. The van der Waals surface area contributed by atoms with Gasteiger partial charge in [-0.3, -0.25) is 0 Å². The van der Waals surface area contributed by atoms with E-state index in [9.17, 15) is 4.21 Å². The van der Waals surface area contributed by atoms with Crippen LogP contribution < -0.4 is 15.1 Å². The minimum atomic E-state index is -2.14. The summed E-state index contributed by atoms with van der Waals surface area (Å²) in [5, 5.41) is 2.75. The maximum absolute atomic E-state index is 12.9. The van der Waals surface area contributed by atoms with Gasteiger partial charge in [-0.05, 0) is 26.7 Å². The van der Waals surface area contributed by atoms with Crippen LogP contribution in [0, 0.1) is 5.92 Å². The molecule has 0 amide bonds. The molecule has 1 N–H and O–H groups in total. The minimum Gasteiger partial charge on any atom is -0.242 e. The predicted octanol–water partition coefficient (Wildman–Crippen LogP) is 3.50. The highest BCUT2D eigenvalue weighted by molar-refractivity contribution is 7.84. The molecule has 0 saturated carbocycles. The maximum atomic E-state index is 12.9. The average molecular weight is 374 g/mol. The summed E-state index contributed by atoms with van der Waals surface area (Å²) in [4.78, 5) is 0. The average Bonchev–Trinajstić information content (AvgIpc) is 2.59. The zero-order valence-electron chi connectivity index (χ0n) is 16.2. The topological polar surface area (TPSA) is 29.1 Å². The van der Waals surface area contributed by atoms with Gasteiger partial charge in [-0.25, -0.2) is 8.93 Å². The SMILES string of the molecule is CC(C)[C@H](NS(=O)C(C)(C)C)[Si](C)(c1ccccc1)c1ccccc1. The first-order chi connectivity index (χ1) is 11.7. The molecule has 136 valence electrons. The summed E-state index contributed by atoms with van der Waals surface area (Å²) in [6.45, 7) is 12.9. The van der Waals surface area contributed by atoms with Gasteiger partial charge in [-0.15, -0.1) is 0 Å². The Balaban J connectivity index is 2.58. The van der Waals surface area contributed by atoms with Crippen molar-refractivity contribution in [3.63, 3.8) is 0 Å². The molecule has 0 saturated heterocycles. The van der Waals surface area contributed by atoms with Crippen molar-refractivity contribution >= 4 is 29.4 Å². The Labute approximate surface area is 156 Å². The molecule has 0 aliphatic carbocycles. The second kappa shape index (κ2) is 7.98. The summed E-state index contributed by atoms with van der Waals surface area (Å²) in [5.41, 5.74) is 0.178. The first-order valence-corrected chi connectivity index (χ1v) is 12.7. The zero-order valence-corrected chi connectivity index (χ0v) is 18.1. The van der Waals surface area contributed by atoms with Gasteiger partial charge in [0.15, 0.2) is 0 Å². The third kappa shape index (κ3) is 4.49. The molecule has 4 heteroatoms. The van der Waals surface area contributed by atoms with Gasteiger partial charge >= 0.3 is 0 Å². The van der Waals surface area contributed by atoms with Gasteiger partial charge in [0.1, 0.15) is 8.07 Å². The molecule has 0 fully saturated rings. The number of benzene rings is 2. The van der Waals surface area contributed by atoms with Crippen LogP contribution in [-0.2, 0) is 11.0 Å². The van der Waals surface area contributed by atoms with E-state index in [1.807, 2.05) is 20.8 Å². The van der Waals surface area contributed by atoms with Gasteiger partial charge in [-0.2, -0.15) is 0 Å². The zero-order chi connectivity index (χ0) is 18.7. The molecule has 0 bridgehead atoms. The molecule has 2 nitrogen and oxygen atoms in total. The molecule has 0 heterocycles. The van der Waals surface area contributed by atoms with Crippen molar-refractivity contribution in [3.8, 4) is 0 Å². The molecular formula is C21H31NOSSi. The lowest BCUT2D eigenvalue weighted by molar-refractivity contribution is 0.551. The van der Waals surface area contributed by atoms with Crippen LogP contribution in [0.1, 0.15) is 34.6 Å². The number of hydrogen-bond acceptors (Lipinski definition) is 1. The lowest BCUT2D eigenvalue weighted by atomic mass is 10.2. The van der Waals surface area contributed by atoms with Crippen LogP contribution >= 0.6 is 0 Å². The molecule has 2 rings (SSSR count). The molecule has 2 atom stereocenters. The van der Waals surface area contributed by atoms with Gasteiger partial charge in [0.25, 0.3) is 0 Å². The van der Waals surface area contributed by atoms with E-state index in [1.54, 1.807) is 0 Å². The van der Waals surface area contributed by atoms with Crippen LogP contribution in [0.4, 0.5) is 0 Å². The largest absolute Gasteiger partial charge is 0.242 e. The molecule has 0 aliphatic rings. The van der Waals surface area contributed by atoms with Crippen molar-refractivity contribution in [2.75, 3.05) is 0 Å². The van der Waals surface area contributed by atoms with Crippen LogP contribution in [0.5, 0.6) is 0 Å². The Morgan fingerprint density at radius 3 is 1.60 bits per heavy atom. The molecular weight excluding hydrogens is 342 g/mol. The van der Waals surface area contributed by atoms with Crippen molar-refractivity contribution in [1.82, 2.24) is 4.72 Å². The van der Waals surface area contributed by atoms with E-state index in [4.69, 9.17) is 0 Å². The monoisotopic (exact) mass is 373 g/mol.